The molecule has 1 amide bonds. The van der Waals surface area contributed by atoms with Crippen LogP contribution in [-0.2, 0) is 25.1 Å². The van der Waals surface area contributed by atoms with Gasteiger partial charge in [-0.15, -0.1) is 0 Å². The van der Waals surface area contributed by atoms with Crippen molar-refractivity contribution in [3.05, 3.63) is 12.3 Å². The molecule has 128 valence electrons. The number of methoxy groups -OCH3 is 1. The molecule has 2 aliphatic heterocycles. The van der Waals surface area contributed by atoms with Crippen LogP contribution >= 0.6 is 0 Å². The Morgan fingerprint density at radius 1 is 1.35 bits per heavy atom. The molecule has 0 bridgehead atoms. The van der Waals surface area contributed by atoms with Gasteiger partial charge < -0.3 is 4.74 Å². The third-order valence-corrected chi connectivity index (χ3v) is 6.07. The zero-order valence-corrected chi connectivity index (χ0v) is 14.3. The Morgan fingerprint density at radius 3 is 2.65 bits per heavy atom. The van der Waals surface area contributed by atoms with E-state index in [2.05, 4.69) is 5.10 Å². The number of piperidine rings is 1. The van der Waals surface area contributed by atoms with Crippen LogP contribution in [0.4, 0.5) is 5.82 Å². The van der Waals surface area contributed by atoms with E-state index in [0.717, 1.165) is 5.82 Å². The first kappa shape index (κ1) is 16.4. The molecule has 0 aliphatic carbocycles. The van der Waals surface area contributed by atoms with Crippen molar-refractivity contribution in [3.8, 4) is 0 Å². The number of hydrogen-bond acceptors (Lipinski definition) is 5. The SMILES string of the molecule is COCCN1C(=O)CC2(CCN(S(C)(=O)=O)CC2)n2nccc21. The van der Waals surface area contributed by atoms with Crippen molar-refractivity contribution in [3.63, 3.8) is 0 Å². The van der Waals surface area contributed by atoms with Crippen molar-refractivity contribution >= 4 is 21.7 Å². The smallest absolute Gasteiger partial charge is 0.230 e. The summed E-state index contributed by atoms with van der Waals surface area (Å²) in [5.41, 5.74) is -0.416. The molecule has 23 heavy (non-hydrogen) atoms. The number of ether oxygens (including phenoxy) is 1. The van der Waals surface area contributed by atoms with Gasteiger partial charge in [0.2, 0.25) is 15.9 Å². The van der Waals surface area contributed by atoms with E-state index in [-0.39, 0.29) is 5.91 Å². The number of rotatable bonds is 4. The van der Waals surface area contributed by atoms with Gasteiger partial charge in [-0.2, -0.15) is 5.10 Å². The lowest BCUT2D eigenvalue weighted by Gasteiger charge is -2.46. The highest BCUT2D eigenvalue weighted by molar-refractivity contribution is 7.88. The standard InChI is InChI=1S/C14H22N4O4S/c1-22-10-9-17-12-3-6-15-18(12)14(11-13(17)19)4-7-16(8-5-14)23(2,20)21/h3,6H,4-5,7-11H2,1-2H3. The number of hydrogen-bond donors (Lipinski definition) is 0. The summed E-state index contributed by atoms with van der Waals surface area (Å²) in [6.45, 7) is 1.80. The van der Waals surface area contributed by atoms with Crippen LogP contribution in [0, 0.1) is 0 Å². The van der Waals surface area contributed by atoms with E-state index in [4.69, 9.17) is 4.74 Å². The van der Waals surface area contributed by atoms with Crippen molar-refractivity contribution in [2.24, 2.45) is 0 Å². The van der Waals surface area contributed by atoms with Gasteiger partial charge in [0.05, 0.1) is 37.6 Å². The molecule has 2 aliphatic rings. The predicted octanol–water partition coefficient (Wildman–Crippen LogP) is 0.0169. The third-order valence-electron chi connectivity index (χ3n) is 4.77. The summed E-state index contributed by atoms with van der Waals surface area (Å²) >= 11 is 0. The summed E-state index contributed by atoms with van der Waals surface area (Å²) in [6.07, 6.45) is 4.46. The van der Waals surface area contributed by atoms with Crippen LogP contribution in [0.1, 0.15) is 19.3 Å². The Hall–Kier alpha value is -1.45. The fourth-order valence-electron chi connectivity index (χ4n) is 3.49. The summed E-state index contributed by atoms with van der Waals surface area (Å²) in [6, 6.07) is 1.83. The highest BCUT2D eigenvalue weighted by Crippen LogP contribution is 2.41. The summed E-state index contributed by atoms with van der Waals surface area (Å²) < 4.78 is 31.9. The highest BCUT2D eigenvalue weighted by Gasteiger charge is 2.46. The van der Waals surface area contributed by atoms with Crippen LogP contribution in [0.2, 0.25) is 0 Å². The number of carbonyl (C=O) groups excluding carboxylic acids is 1. The summed E-state index contributed by atoms with van der Waals surface area (Å²) in [7, 11) is -1.58. The van der Waals surface area contributed by atoms with E-state index in [9.17, 15) is 13.2 Å². The molecule has 1 fully saturated rings. The first-order valence-corrected chi connectivity index (χ1v) is 9.51. The molecule has 0 aromatic carbocycles. The van der Waals surface area contributed by atoms with E-state index in [0.29, 0.717) is 45.5 Å². The molecule has 3 rings (SSSR count). The van der Waals surface area contributed by atoms with Crippen LogP contribution in [0.3, 0.4) is 0 Å². The number of nitrogens with zero attached hydrogens (tertiary/aromatic N) is 4. The summed E-state index contributed by atoms with van der Waals surface area (Å²) in [5, 5.41) is 4.43. The largest absolute Gasteiger partial charge is 0.383 e. The maximum atomic E-state index is 12.6. The quantitative estimate of drug-likeness (QED) is 0.770. The van der Waals surface area contributed by atoms with Gasteiger partial charge >= 0.3 is 0 Å². The summed E-state index contributed by atoms with van der Waals surface area (Å²) in [4.78, 5) is 14.3. The lowest BCUT2D eigenvalue weighted by atomic mass is 9.83. The zero-order valence-electron chi connectivity index (χ0n) is 13.4. The monoisotopic (exact) mass is 342 g/mol. The Balaban J connectivity index is 1.87. The number of carbonyl (C=O) groups is 1. The lowest BCUT2D eigenvalue weighted by Crippen LogP contribution is -2.55. The molecular weight excluding hydrogens is 320 g/mol. The van der Waals surface area contributed by atoms with Gasteiger partial charge in [0, 0.05) is 26.3 Å². The molecule has 1 spiro atoms. The minimum atomic E-state index is -3.19. The Kier molecular flexibility index (Phi) is 4.19. The topological polar surface area (TPSA) is 84.7 Å². The molecule has 0 saturated carbocycles. The van der Waals surface area contributed by atoms with Crippen LogP contribution in [-0.4, -0.2) is 68.0 Å². The number of aromatic nitrogens is 2. The van der Waals surface area contributed by atoms with Gasteiger partial charge in [0.15, 0.2) is 0 Å². The number of sulfonamides is 1. The van der Waals surface area contributed by atoms with Crippen molar-refractivity contribution < 1.29 is 17.9 Å². The Bertz CT molecular complexity index is 691. The van der Waals surface area contributed by atoms with Crippen molar-refractivity contribution in [2.45, 2.75) is 24.8 Å². The van der Waals surface area contributed by atoms with E-state index in [1.165, 1.54) is 10.6 Å². The van der Waals surface area contributed by atoms with Gasteiger partial charge in [-0.05, 0) is 12.8 Å². The van der Waals surface area contributed by atoms with Crippen molar-refractivity contribution in [2.75, 3.05) is 44.5 Å². The van der Waals surface area contributed by atoms with Crippen LogP contribution in [0.5, 0.6) is 0 Å². The van der Waals surface area contributed by atoms with E-state index in [1.54, 1.807) is 18.2 Å². The van der Waals surface area contributed by atoms with Gasteiger partial charge in [-0.3, -0.25) is 9.69 Å². The molecule has 0 atom stereocenters. The minimum absolute atomic E-state index is 0.0443. The highest BCUT2D eigenvalue weighted by atomic mass is 32.2. The maximum absolute atomic E-state index is 12.6. The molecular formula is C14H22N4O4S. The van der Waals surface area contributed by atoms with Gasteiger partial charge in [0.25, 0.3) is 0 Å². The molecule has 1 saturated heterocycles. The van der Waals surface area contributed by atoms with Crippen LogP contribution in [0.15, 0.2) is 12.3 Å². The Morgan fingerprint density at radius 2 is 2.04 bits per heavy atom. The molecule has 0 radical (unpaired) electrons. The average Bonchev–Trinajstić information content (AvgIpc) is 2.97. The van der Waals surface area contributed by atoms with Gasteiger partial charge in [-0.25, -0.2) is 17.4 Å². The molecule has 1 aromatic heterocycles. The fourth-order valence-corrected chi connectivity index (χ4v) is 4.34. The molecule has 0 unspecified atom stereocenters. The zero-order chi connectivity index (χ0) is 16.7. The number of amides is 1. The second-order valence-electron chi connectivity index (χ2n) is 6.20. The number of fused-ring (bicyclic) bond motifs is 2. The van der Waals surface area contributed by atoms with Crippen LogP contribution < -0.4 is 4.90 Å². The molecule has 8 nitrogen and oxygen atoms in total. The molecule has 9 heteroatoms. The van der Waals surface area contributed by atoms with Gasteiger partial charge in [0.1, 0.15) is 5.82 Å². The van der Waals surface area contributed by atoms with Crippen LogP contribution in [0.25, 0.3) is 0 Å². The molecule has 0 N–H and O–H groups in total. The average molecular weight is 342 g/mol. The maximum Gasteiger partial charge on any atom is 0.230 e. The normalized spacial score (nSPS) is 21.7. The van der Waals surface area contributed by atoms with Gasteiger partial charge in [-0.1, -0.05) is 0 Å². The summed E-state index contributed by atoms with van der Waals surface area (Å²) in [5.74, 6) is 0.814. The first-order chi connectivity index (χ1) is 10.9. The second-order valence-corrected chi connectivity index (χ2v) is 8.18. The lowest BCUT2D eigenvalue weighted by molar-refractivity contribution is -0.122. The van der Waals surface area contributed by atoms with Crippen molar-refractivity contribution in [1.82, 2.24) is 14.1 Å². The molecule has 3 heterocycles. The third kappa shape index (κ3) is 2.88. The number of anilines is 1. The van der Waals surface area contributed by atoms with Crippen molar-refractivity contribution in [1.29, 1.82) is 0 Å². The predicted molar refractivity (Wildman–Crippen MR) is 84.7 cm³/mol. The fraction of sp³-hybridized carbons (Fsp3) is 0.714. The second kappa shape index (κ2) is 5.88. The molecule has 1 aromatic rings. The first-order valence-electron chi connectivity index (χ1n) is 7.66. The van der Waals surface area contributed by atoms with E-state index >= 15 is 0 Å². The Labute approximate surface area is 136 Å². The minimum Gasteiger partial charge on any atom is -0.383 e. The van der Waals surface area contributed by atoms with E-state index < -0.39 is 15.6 Å². The van der Waals surface area contributed by atoms with E-state index in [1.807, 2.05) is 10.7 Å².